The average molecular weight is 349 g/mol. The summed E-state index contributed by atoms with van der Waals surface area (Å²) in [5, 5.41) is 8.70. The lowest BCUT2D eigenvalue weighted by atomic mass is 10.0. The standard InChI is InChI=1S/C16H17F2N5O2/c1-7-8(2)20-23-16(25)13(7)15(24)19-12-6-11(21-22-12)14-9(17)4-3-5-10(14)18/h3-5,11-12,21-22H,6H2,1-2H3,(H,19,24)(H,23,25). The lowest BCUT2D eigenvalue weighted by Crippen LogP contribution is -2.45. The molecule has 1 amide bonds. The second-order valence-electron chi connectivity index (χ2n) is 5.88. The zero-order chi connectivity index (χ0) is 18.1. The predicted octanol–water partition coefficient (Wildman–Crippen LogP) is 0.960. The molecule has 3 rings (SSSR count). The monoisotopic (exact) mass is 349 g/mol. The Hall–Kier alpha value is -2.65. The summed E-state index contributed by atoms with van der Waals surface area (Å²) in [6.07, 6.45) is -0.381. The molecule has 0 saturated carbocycles. The molecule has 1 aliphatic heterocycles. The van der Waals surface area contributed by atoms with Gasteiger partial charge in [-0.05, 0) is 31.5 Å². The Bertz CT molecular complexity index is 863. The van der Waals surface area contributed by atoms with Gasteiger partial charge in [-0.1, -0.05) is 6.07 Å². The first kappa shape index (κ1) is 17.2. The molecule has 0 bridgehead atoms. The van der Waals surface area contributed by atoms with Gasteiger partial charge < -0.3 is 5.32 Å². The van der Waals surface area contributed by atoms with Gasteiger partial charge in [0.05, 0.1) is 17.9 Å². The number of H-pyrrole nitrogens is 1. The first-order valence-electron chi connectivity index (χ1n) is 7.70. The molecule has 1 aromatic carbocycles. The van der Waals surface area contributed by atoms with Crippen LogP contribution in [0.25, 0.3) is 0 Å². The van der Waals surface area contributed by atoms with Crippen LogP contribution in [0.1, 0.15) is 39.6 Å². The number of hydrogen-bond acceptors (Lipinski definition) is 5. The van der Waals surface area contributed by atoms with Crippen LogP contribution in [0.3, 0.4) is 0 Å². The normalized spacial score (nSPS) is 19.8. The molecule has 2 unspecified atom stereocenters. The van der Waals surface area contributed by atoms with Crippen molar-refractivity contribution in [3.63, 3.8) is 0 Å². The molecule has 25 heavy (non-hydrogen) atoms. The molecule has 2 atom stereocenters. The van der Waals surface area contributed by atoms with Crippen LogP contribution in [-0.2, 0) is 0 Å². The summed E-state index contributed by atoms with van der Waals surface area (Å²) in [5.74, 6) is -1.91. The molecule has 132 valence electrons. The van der Waals surface area contributed by atoms with E-state index in [0.29, 0.717) is 11.3 Å². The number of aromatic amines is 1. The van der Waals surface area contributed by atoms with E-state index in [1.807, 2.05) is 0 Å². The third-order valence-corrected chi connectivity index (χ3v) is 4.25. The number of aromatic nitrogens is 2. The van der Waals surface area contributed by atoms with E-state index >= 15 is 0 Å². The molecule has 2 aromatic rings. The van der Waals surface area contributed by atoms with Crippen molar-refractivity contribution < 1.29 is 13.6 Å². The summed E-state index contributed by atoms with van der Waals surface area (Å²) in [5.41, 5.74) is 5.82. The van der Waals surface area contributed by atoms with Crippen molar-refractivity contribution >= 4 is 5.91 Å². The smallest absolute Gasteiger partial charge is 0.277 e. The van der Waals surface area contributed by atoms with Crippen LogP contribution < -0.4 is 21.7 Å². The van der Waals surface area contributed by atoms with Gasteiger partial charge in [0.1, 0.15) is 17.2 Å². The lowest BCUT2D eigenvalue weighted by molar-refractivity contribution is 0.0929. The van der Waals surface area contributed by atoms with Crippen molar-refractivity contribution in [3.8, 4) is 0 Å². The Labute approximate surface area is 141 Å². The van der Waals surface area contributed by atoms with E-state index in [0.717, 1.165) is 0 Å². The van der Waals surface area contributed by atoms with Crippen molar-refractivity contribution in [3.05, 3.63) is 62.6 Å². The van der Waals surface area contributed by atoms with Gasteiger partial charge in [0.2, 0.25) is 0 Å². The largest absolute Gasteiger partial charge is 0.335 e. The number of nitrogens with one attached hydrogen (secondary N) is 4. The van der Waals surface area contributed by atoms with Crippen LogP contribution in [0.4, 0.5) is 8.78 Å². The maximum Gasteiger partial charge on any atom is 0.277 e. The molecular formula is C16H17F2N5O2. The van der Waals surface area contributed by atoms with Crippen LogP contribution in [0.5, 0.6) is 0 Å². The summed E-state index contributed by atoms with van der Waals surface area (Å²) in [6, 6.07) is 2.99. The lowest BCUT2D eigenvalue weighted by Gasteiger charge is -2.13. The van der Waals surface area contributed by atoms with Gasteiger partial charge in [0.25, 0.3) is 11.5 Å². The topological polar surface area (TPSA) is 98.9 Å². The molecule has 1 aromatic heterocycles. The summed E-state index contributed by atoms with van der Waals surface area (Å²) < 4.78 is 27.7. The highest BCUT2D eigenvalue weighted by Crippen LogP contribution is 2.26. The van der Waals surface area contributed by atoms with E-state index in [4.69, 9.17) is 0 Å². The van der Waals surface area contributed by atoms with Crippen molar-refractivity contribution in [1.82, 2.24) is 26.4 Å². The third kappa shape index (κ3) is 3.28. The molecule has 2 heterocycles. The number of rotatable bonds is 3. The van der Waals surface area contributed by atoms with Crippen molar-refractivity contribution in [2.45, 2.75) is 32.5 Å². The number of benzene rings is 1. The van der Waals surface area contributed by atoms with Crippen LogP contribution >= 0.6 is 0 Å². The van der Waals surface area contributed by atoms with E-state index in [-0.39, 0.29) is 17.5 Å². The quantitative estimate of drug-likeness (QED) is 0.662. The Morgan fingerprint density at radius 3 is 2.60 bits per heavy atom. The molecule has 4 N–H and O–H groups in total. The minimum atomic E-state index is -0.664. The Kier molecular flexibility index (Phi) is 4.60. The zero-order valence-corrected chi connectivity index (χ0v) is 13.6. The van der Waals surface area contributed by atoms with Crippen LogP contribution in [0, 0.1) is 25.5 Å². The average Bonchev–Trinajstić information content (AvgIpc) is 2.99. The zero-order valence-electron chi connectivity index (χ0n) is 13.6. The number of amides is 1. The number of hydrogen-bond donors (Lipinski definition) is 4. The van der Waals surface area contributed by atoms with Crippen LogP contribution in [-0.4, -0.2) is 22.3 Å². The molecule has 1 saturated heterocycles. The van der Waals surface area contributed by atoms with Gasteiger partial charge in [-0.3, -0.25) is 9.59 Å². The number of carbonyl (C=O) groups is 1. The highest BCUT2D eigenvalue weighted by atomic mass is 19.1. The van der Waals surface area contributed by atoms with E-state index in [1.165, 1.54) is 18.2 Å². The van der Waals surface area contributed by atoms with Crippen LogP contribution in [0.15, 0.2) is 23.0 Å². The fraction of sp³-hybridized carbons (Fsp3) is 0.312. The Morgan fingerprint density at radius 1 is 1.24 bits per heavy atom. The van der Waals surface area contributed by atoms with Crippen molar-refractivity contribution in [2.75, 3.05) is 0 Å². The van der Waals surface area contributed by atoms with Gasteiger partial charge in [0, 0.05) is 12.0 Å². The molecule has 0 aliphatic carbocycles. The third-order valence-electron chi connectivity index (χ3n) is 4.25. The SMILES string of the molecule is Cc1n[nH]c(=O)c(C(=O)NC2CC(c3c(F)cccc3F)NN2)c1C. The summed E-state index contributed by atoms with van der Waals surface area (Å²) in [7, 11) is 0. The highest BCUT2D eigenvalue weighted by molar-refractivity contribution is 5.95. The van der Waals surface area contributed by atoms with Crippen molar-refractivity contribution in [2.24, 2.45) is 0 Å². The fourth-order valence-corrected chi connectivity index (χ4v) is 2.81. The fourth-order valence-electron chi connectivity index (χ4n) is 2.81. The number of carbonyl (C=O) groups excluding carboxylic acids is 1. The number of nitrogens with zero attached hydrogens (tertiary/aromatic N) is 1. The molecule has 9 heteroatoms. The summed E-state index contributed by atoms with van der Waals surface area (Å²) in [6.45, 7) is 3.30. The molecular weight excluding hydrogens is 332 g/mol. The Morgan fingerprint density at radius 2 is 1.92 bits per heavy atom. The van der Waals surface area contributed by atoms with E-state index in [9.17, 15) is 18.4 Å². The molecule has 0 radical (unpaired) electrons. The van der Waals surface area contributed by atoms with E-state index in [2.05, 4.69) is 26.4 Å². The van der Waals surface area contributed by atoms with E-state index < -0.39 is 35.3 Å². The molecule has 0 spiro atoms. The molecule has 1 fully saturated rings. The first-order chi connectivity index (χ1) is 11.9. The maximum atomic E-state index is 13.9. The number of aryl methyl sites for hydroxylation is 1. The Balaban J connectivity index is 1.75. The molecule has 7 nitrogen and oxygen atoms in total. The summed E-state index contributed by atoms with van der Waals surface area (Å²) in [4.78, 5) is 24.3. The van der Waals surface area contributed by atoms with E-state index in [1.54, 1.807) is 13.8 Å². The van der Waals surface area contributed by atoms with Crippen LogP contribution in [0.2, 0.25) is 0 Å². The molecule has 1 aliphatic rings. The predicted molar refractivity (Wildman–Crippen MR) is 85.6 cm³/mol. The second kappa shape index (κ2) is 6.69. The van der Waals surface area contributed by atoms with Crippen molar-refractivity contribution in [1.29, 1.82) is 0 Å². The minimum absolute atomic E-state index is 0.0326. The van der Waals surface area contributed by atoms with Gasteiger partial charge in [-0.25, -0.2) is 24.7 Å². The minimum Gasteiger partial charge on any atom is -0.335 e. The second-order valence-corrected chi connectivity index (χ2v) is 5.88. The first-order valence-corrected chi connectivity index (χ1v) is 7.70. The van der Waals surface area contributed by atoms with Gasteiger partial charge in [0.15, 0.2) is 0 Å². The maximum absolute atomic E-state index is 13.9. The summed E-state index contributed by atoms with van der Waals surface area (Å²) >= 11 is 0. The number of hydrazine groups is 1. The van der Waals surface area contributed by atoms with Gasteiger partial charge >= 0.3 is 0 Å². The van der Waals surface area contributed by atoms with Gasteiger partial charge in [-0.2, -0.15) is 5.10 Å². The van der Waals surface area contributed by atoms with Gasteiger partial charge in [-0.15, -0.1) is 0 Å². The highest BCUT2D eigenvalue weighted by Gasteiger charge is 2.31. The number of halogens is 2.